The van der Waals surface area contributed by atoms with E-state index in [0.29, 0.717) is 11.1 Å². The molecule has 0 aliphatic rings. The van der Waals surface area contributed by atoms with Gasteiger partial charge in [-0.15, -0.1) is 0 Å². The standard InChI is InChI=1S/C38H46N4O7/c1-25-13-17-28(18-14-25)32(33(44)40-31(35(46)48-37(2,3)4)24-26-11-9-8-10-12-26)42(22-21-39)34(45)30(41-36(47)49-38(5,6)7)23-27-15-19-29(43)20-16-27/h8-20,30-32,43H,22-24H2,1-7H3,(H,40,44)(H,41,47). The Bertz CT molecular complexity index is 1620. The lowest BCUT2D eigenvalue weighted by atomic mass is 9.98. The van der Waals surface area contributed by atoms with Crippen LogP contribution in [0.15, 0.2) is 78.9 Å². The Morgan fingerprint density at radius 1 is 0.776 bits per heavy atom. The number of carbonyl (C=O) groups is 4. The van der Waals surface area contributed by atoms with Crippen molar-refractivity contribution in [2.24, 2.45) is 0 Å². The zero-order valence-electron chi connectivity index (χ0n) is 29.2. The van der Waals surface area contributed by atoms with Crippen LogP contribution < -0.4 is 10.6 Å². The summed E-state index contributed by atoms with van der Waals surface area (Å²) in [5.74, 6) is -2.11. The van der Waals surface area contributed by atoms with Crippen molar-refractivity contribution in [2.75, 3.05) is 6.54 Å². The van der Waals surface area contributed by atoms with Gasteiger partial charge in [-0.05, 0) is 77.3 Å². The number of carbonyl (C=O) groups excluding carboxylic acids is 4. The van der Waals surface area contributed by atoms with Gasteiger partial charge in [0.2, 0.25) is 11.8 Å². The van der Waals surface area contributed by atoms with E-state index in [2.05, 4.69) is 10.6 Å². The molecule has 3 aromatic rings. The molecule has 0 spiro atoms. The molecule has 3 atom stereocenters. The summed E-state index contributed by atoms with van der Waals surface area (Å²) < 4.78 is 11.1. The summed E-state index contributed by atoms with van der Waals surface area (Å²) in [5, 5.41) is 25.2. The monoisotopic (exact) mass is 670 g/mol. The van der Waals surface area contributed by atoms with E-state index in [0.717, 1.165) is 16.0 Å². The number of nitrogens with one attached hydrogen (secondary N) is 2. The number of alkyl carbamates (subject to hydrolysis) is 1. The predicted octanol–water partition coefficient (Wildman–Crippen LogP) is 5.30. The minimum Gasteiger partial charge on any atom is -0.508 e. The van der Waals surface area contributed by atoms with Crippen LogP contribution in [-0.2, 0) is 36.7 Å². The number of phenolic OH excluding ortho intramolecular Hbond substituents is 1. The maximum atomic E-state index is 14.5. The Labute approximate surface area is 288 Å². The fraction of sp³-hybridized carbons (Fsp3) is 0.395. The second-order valence-corrected chi connectivity index (χ2v) is 13.8. The molecule has 11 nitrogen and oxygen atoms in total. The average molecular weight is 671 g/mol. The van der Waals surface area contributed by atoms with Gasteiger partial charge in [-0.25, -0.2) is 9.59 Å². The van der Waals surface area contributed by atoms with Crippen LogP contribution in [-0.4, -0.2) is 63.7 Å². The van der Waals surface area contributed by atoms with E-state index in [9.17, 15) is 29.5 Å². The number of esters is 1. The third kappa shape index (κ3) is 12.3. The number of benzene rings is 3. The third-order valence-corrected chi connectivity index (χ3v) is 7.13. The summed E-state index contributed by atoms with van der Waals surface area (Å²) in [6, 6.07) is 20.3. The van der Waals surface area contributed by atoms with Gasteiger partial charge in [-0.2, -0.15) is 5.26 Å². The summed E-state index contributed by atoms with van der Waals surface area (Å²) in [6.07, 6.45) is -0.805. The number of phenols is 1. The smallest absolute Gasteiger partial charge is 0.408 e. The van der Waals surface area contributed by atoms with Crippen molar-refractivity contribution in [3.8, 4) is 11.8 Å². The molecule has 0 radical (unpaired) electrons. The first-order valence-corrected chi connectivity index (χ1v) is 16.0. The van der Waals surface area contributed by atoms with Gasteiger partial charge in [0.25, 0.3) is 0 Å². The Morgan fingerprint density at radius 2 is 1.33 bits per heavy atom. The second kappa shape index (κ2) is 16.6. The molecule has 3 amide bonds. The van der Waals surface area contributed by atoms with Crippen LogP contribution in [0.2, 0.25) is 0 Å². The van der Waals surface area contributed by atoms with Crippen LogP contribution in [0.25, 0.3) is 0 Å². The summed E-state index contributed by atoms with van der Waals surface area (Å²) in [6.45, 7) is 11.6. The average Bonchev–Trinajstić information content (AvgIpc) is 3.00. The first-order chi connectivity index (χ1) is 23.0. The topological polar surface area (TPSA) is 158 Å². The van der Waals surface area contributed by atoms with Gasteiger partial charge in [0.05, 0.1) is 6.07 Å². The number of hydrogen-bond acceptors (Lipinski definition) is 8. The van der Waals surface area contributed by atoms with Gasteiger partial charge in [0, 0.05) is 12.8 Å². The molecule has 3 unspecified atom stereocenters. The van der Waals surface area contributed by atoms with Crippen molar-refractivity contribution >= 4 is 23.9 Å². The highest BCUT2D eigenvalue weighted by Gasteiger charge is 2.38. The molecule has 0 aliphatic heterocycles. The van der Waals surface area contributed by atoms with Gasteiger partial charge in [0.1, 0.15) is 41.6 Å². The molecule has 3 rings (SSSR count). The van der Waals surface area contributed by atoms with Crippen LogP contribution in [0.4, 0.5) is 4.79 Å². The van der Waals surface area contributed by atoms with Crippen LogP contribution in [0.1, 0.15) is 69.8 Å². The molecule has 49 heavy (non-hydrogen) atoms. The highest BCUT2D eigenvalue weighted by atomic mass is 16.6. The number of amides is 3. The Morgan fingerprint density at radius 3 is 1.88 bits per heavy atom. The number of hydrogen-bond donors (Lipinski definition) is 3. The van der Waals surface area contributed by atoms with Crippen LogP contribution in [0.5, 0.6) is 5.75 Å². The Balaban J connectivity index is 2.08. The van der Waals surface area contributed by atoms with Crippen LogP contribution >= 0.6 is 0 Å². The van der Waals surface area contributed by atoms with Gasteiger partial charge in [0.15, 0.2) is 0 Å². The lowest BCUT2D eigenvalue weighted by Gasteiger charge is -2.34. The van der Waals surface area contributed by atoms with Crippen molar-refractivity contribution in [1.29, 1.82) is 5.26 Å². The van der Waals surface area contributed by atoms with Crippen LogP contribution in [0.3, 0.4) is 0 Å². The third-order valence-electron chi connectivity index (χ3n) is 7.13. The maximum absolute atomic E-state index is 14.5. The van der Waals surface area contributed by atoms with E-state index in [-0.39, 0.29) is 18.6 Å². The van der Waals surface area contributed by atoms with E-state index < -0.39 is 59.7 Å². The van der Waals surface area contributed by atoms with Gasteiger partial charge in [-0.3, -0.25) is 9.59 Å². The molecular formula is C38H46N4O7. The van der Waals surface area contributed by atoms with Gasteiger partial charge < -0.3 is 30.1 Å². The van der Waals surface area contributed by atoms with E-state index in [1.807, 2.05) is 43.3 Å². The maximum Gasteiger partial charge on any atom is 0.408 e. The van der Waals surface area contributed by atoms with Crippen molar-refractivity contribution in [3.05, 3.63) is 101 Å². The van der Waals surface area contributed by atoms with Crippen molar-refractivity contribution in [2.45, 2.75) is 90.6 Å². The van der Waals surface area contributed by atoms with Crippen molar-refractivity contribution < 1.29 is 33.8 Å². The number of nitrogens with zero attached hydrogens (tertiary/aromatic N) is 2. The molecule has 0 saturated carbocycles. The van der Waals surface area contributed by atoms with Gasteiger partial charge in [-0.1, -0.05) is 72.3 Å². The molecule has 0 aromatic heterocycles. The molecule has 0 bridgehead atoms. The SMILES string of the molecule is Cc1ccc(C(C(=O)NC(Cc2ccccc2)C(=O)OC(C)(C)C)N(CC#N)C(=O)C(Cc2ccc(O)cc2)NC(=O)OC(C)(C)C)cc1. The van der Waals surface area contributed by atoms with E-state index in [1.165, 1.54) is 12.1 Å². The normalized spacial score (nSPS) is 13.2. The summed E-state index contributed by atoms with van der Waals surface area (Å²) in [4.78, 5) is 56.4. The molecule has 0 fully saturated rings. The number of aryl methyl sites for hydroxylation is 1. The van der Waals surface area contributed by atoms with Crippen molar-refractivity contribution in [3.63, 3.8) is 0 Å². The number of rotatable bonds is 12. The number of ether oxygens (including phenoxy) is 2. The fourth-order valence-corrected chi connectivity index (χ4v) is 4.98. The lowest BCUT2D eigenvalue weighted by molar-refractivity contribution is -0.159. The lowest BCUT2D eigenvalue weighted by Crippen LogP contribution is -2.55. The largest absolute Gasteiger partial charge is 0.508 e. The van der Waals surface area contributed by atoms with Crippen molar-refractivity contribution in [1.82, 2.24) is 15.5 Å². The Kier molecular flexibility index (Phi) is 12.9. The van der Waals surface area contributed by atoms with E-state index >= 15 is 0 Å². The highest BCUT2D eigenvalue weighted by Crippen LogP contribution is 2.25. The predicted molar refractivity (Wildman–Crippen MR) is 184 cm³/mol. The Hall–Kier alpha value is -5.37. The molecular weight excluding hydrogens is 624 g/mol. The van der Waals surface area contributed by atoms with Gasteiger partial charge >= 0.3 is 12.1 Å². The summed E-state index contributed by atoms with van der Waals surface area (Å²) in [5.41, 5.74) is 0.926. The summed E-state index contributed by atoms with van der Waals surface area (Å²) in [7, 11) is 0. The van der Waals surface area contributed by atoms with E-state index in [1.54, 1.807) is 77.9 Å². The molecule has 3 aromatic carbocycles. The van der Waals surface area contributed by atoms with Crippen LogP contribution in [0, 0.1) is 18.3 Å². The minimum atomic E-state index is -1.38. The summed E-state index contributed by atoms with van der Waals surface area (Å²) >= 11 is 0. The molecule has 0 saturated heterocycles. The fourth-order valence-electron chi connectivity index (χ4n) is 4.98. The molecule has 0 aliphatic carbocycles. The minimum absolute atomic E-state index is 0.0176. The molecule has 260 valence electrons. The highest BCUT2D eigenvalue weighted by molar-refractivity contribution is 5.94. The molecule has 11 heteroatoms. The molecule has 0 heterocycles. The number of nitriles is 1. The zero-order valence-corrected chi connectivity index (χ0v) is 29.2. The van der Waals surface area contributed by atoms with E-state index in [4.69, 9.17) is 9.47 Å². The molecule has 3 N–H and O–H groups in total. The zero-order chi connectivity index (χ0) is 36.4. The second-order valence-electron chi connectivity index (χ2n) is 13.8. The first kappa shape index (κ1) is 38.1. The number of aromatic hydroxyl groups is 1. The quantitative estimate of drug-likeness (QED) is 0.173. The first-order valence-electron chi connectivity index (χ1n) is 16.0.